The number of ether oxygens (including phenoxy) is 1. The standard InChI is InChI=1S/C16H17ClN4O4/c1-10-18-19-14-9-21(12(16(23)24)8-20(10)14)15(22)6-7-25-13-5-3-2-4-11(13)17/h2-5,12H,6-9H2,1H3,(H,23,24). The Hall–Kier alpha value is -2.61. The Kier molecular flexibility index (Phi) is 4.89. The minimum Gasteiger partial charge on any atom is -0.491 e. The minimum atomic E-state index is -1.06. The molecule has 1 aliphatic heterocycles. The second kappa shape index (κ2) is 7.10. The minimum absolute atomic E-state index is 0.0438. The summed E-state index contributed by atoms with van der Waals surface area (Å²) in [5.74, 6) is 0.331. The van der Waals surface area contributed by atoms with E-state index in [1.165, 1.54) is 4.90 Å². The molecule has 1 aliphatic rings. The zero-order chi connectivity index (χ0) is 18.0. The normalized spacial score (nSPS) is 16.4. The first-order chi connectivity index (χ1) is 12.0. The van der Waals surface area contributed by atoms with Crippen LogP contribution in [0.3, 0.4) is 0 Å². The molecule has 8 nitrogen and oxygen atoms in total. The molecule has 1 N–H and O–H groups in total. The number of carboxylic acids is 1. The molecular weight excluding hydrogens is 348 g/mol. The summed E-state index contributed by atoms with van der Waals surface area (Å²) in [5.41, 5.74) is 0. The number of nitrogens with zero attached hydrogens (tertiary/aromatic N) is 4. The third-order valence-corrected chi connectivity index (χ3v) is 4.38. The van der Waals surface area contributed by atoms with E-state index in [4.69, 9.17) is 16.3 Å². The maximum absolute atomic E-state index is 12.5. The Bertz CT molecular complexity index is 807. The smallest absolute Gasteiger partial charge is 0.328 e. The topological polar surface area (TPSA) is 97.5 Å². The predicted molar refractivity (Wildman–Crippen MR) is 88.3 cm³/mol. The summed E-state index contributed by atoms with van der Waals surface area (Å²) < 4.78 is 7.23. The van der Waals surface area contributed by atoms with Gasteiger partial charge >= 0.3 is 5.97 Å². The van der Waals surface area contributed by atoms with Gasteiger partial charge in [-0.2, -0.15) is 0 Å². The monoisotopic (exact) mass is 364 g/mol. The van der Waals surface area contributed by atoms with Gasteiger partial charge in [-0.25, -0.2) is 4.79 Å². The Morgan fingerprint density at radius 2 is 2.12 bits per heavy atom. The predicted octanol–water partition coefficient (Wildman–Crippen LogP) is 1.50. The largest absolute Gasteiger partial charge is 0.491 e. The molecule has 2 aromatic rings. The number of carbonyl (C=O) groups excluding carboxylic acids is 1. The van der Waals surface area contributed by atoms with Crippen molar-refractivity contribution in [1.29, 1.82) is 0 Å². The quantitative estimate of drug-likeness (QED) is 0.863. The van der Waals surface area contributed by atoms with E-state index < -0.39 is 12.0 Å². The van der Waals surface area contributed by atoms with Crippen LogP contribution in [0.15, 0.2) is 24.3 Å². The second-order valence-electron chi connectivity index (χ2n) is 5.68. The van der Waals surface area contributed by atoms with Crippen LogP contribution < -0.4 is 4.74 Å². The Balaban J connectivity index is 1.66. The van der Waals surface area contributed by atoms with Gasteiger partial charge in [-0.1, -0.05) is 23.7 Å². The number of para-hydroxylation sites is 1. The van der Waals surface area contributed by atoms with Crippen molar-refractivity contribution < 1.29 is 19.4 Å². The average Bonchev–Trinajstić information content (AvgIpc) is 2.96. The van der Waals surface area contributed by atoms with Gasteiger partial charge in [-0.05, 0) is 19.1 Å². The van der Waals surface area contributed by atoms with Gasteiger partial charge in [0.2, 0.25) is 5.91 Å². The lowest BCUT2D eigenvalue weighted by Crippen LogP contribution is -2.51. The van der Waals surface area contributed by atoms with Crippen LogP contribution in [0.25, 0.3) is 0 Å². The fraction of sp³-hybridized carbons (Fsp3) is 0.375. The molecule has 0 saturated heterocycles. The van der Waals surface area contributed by atoms with Gasteiger partial charge in [0.25, 0.3) is 0 Å². The van der Waals surface area contributed by atoms with Gasteiger partial charge < -0.3 is 19.3 Å². The summed E-state index contributed by atoms with van der Waals surface area (Å²) in [6.07, 6.45) is 0.0438. The SMILES string of the molecule is Cc1nnc2n1CC(C(=O)O)N(C(=O)CCOc1ccccc1Cl)C2. The highest BCUT2D eigenvalue weighted by molar-refractivity contribution is 6.32. The number of fused-ring (bicyclic) bond motifs is 1. The van der Waals surface area contributed by atoms with Crippen LogP contribution in [0, 0.1) is 6.92 Å². The van der Waals surface area contributed by atoms with E-state index in [0.29, 0.717) is 22.4 Å². The highest BCUT2D eigenvalue weighted by Gasteiger charge is 2.36. The highest BCUT2D eigenvalue weighted by Crippen LogP contribution is 2.24. The van der Waals surface area contributed by atoms with Crippen molar-refractivity contribution in [2.75, 3.05) is 6.61 Å². The Labute approximate surface area is 149 Å². The molecule has 0 aliphatic carbocycles. The number of aryl methyl sites for hydroxylation is 1. The Morgan fingerprint density at radius 3 is 2.84 bits per heavy atom. The van der Waals surface area contributed by atoms with Crippen LogP contribution in [0.4, 0.5) is 0 Å². The number of carbonyl (C=O) groups is 2. The van der Waals surface area contributed by atoms with Gasteiger partial charge in [0, 0.05) is 0 Å². The van der Waals surface area contributed by atoms with E-state index in [1.807, 2.05) is 0 Å². The average molecular weight is 365 g/mol. The van der Waals surface area contributed by atoms with Crippen LogP contribution in [-0.4, -0.2) is 49.3 Å². The molecule has 1 aromatic carbocycles. The number of halogens is 1. The molecule has 0 fully saturated rings. The van der Waals surface area contributed by atoms with Crippen LogP contribution in [0.1, 0.15) is 18.1 Å². The summed E-state index contributed by atoms with van der Waals surface area (Å²) in [6, 6.07) is 6.01. The molecule has 0 saturated carbocycles. The number of carboxylic acid groups (broad SMARTS) is 1. The molecule has 9 heteroatoms. The van der Waals surface area contributed by atoms with E-state index in [2.05, 4.69) is 10.2 Å². The molecule has 1 aromatic heterocycles. The van der Waals surface area contributed by atoms with Gasteiger partial charge in [0.1, 0.15) is 17.6 Å². The molecule has 0 bridgehead atoms. The number of aliphatic carboxylic acids is 1. The number of rotatable bonds is 5. The molecule has 25 heavy (non-hydrogen) atoms. The van der Waals surface area contributed by atoms with E-state index in [1.54, 1.807) is 35.8 Å². The van der Waals surface area contributed by atoms with Crippen molar-refractivity contribution >= 4 is 23.5 Å². The molecule has 3 rings (SSSR count). The van der Waals surface area contributed by atoms with Crippen molar-refractivity contribution in [2.24, 2.45) is 0 Å². The van der Waals surface area contributed by atoms with Crippen LogP contribution in [-0.2, 0) is 22.7 Å². The third-order valence-electron chi connectivity index (χ3n) is 4.07. The van der Waals surface area contributed by atoms with Crippen LogP contribution >= 0.6 is 11.6 Å². The van der Waals surface area contributed by atoms with Crippen LogP contribution in [0.5, 0.6) is 5.75 Å². The summed E-state index contributed by atoms with van der Waals surface area (Å²) >= 11 is 6.00. The van der Waals surface area contributed by atoms with Crippen molar-refractivity contribution in [1.82, 2.24) is 19.7 Å². The van der Waals surface area contributed by atoms with Gasteiger partial charge in [-0.3, -0.25) is 4.79 Å². The molecular formula is C16H17ClN4O4. The van der Waals surface area contributed by atoms with Gasteiger partial charge in [-0.15, -0.1) is 10.2 Å². The summed E-state index contributed by atoms with van der Waals surface area (Å²) in [6.45, 7) is 2.12. The number of aromatic nitrogens is 3. The fourth-order valence-electron chi connectivity index (χ4n) is 2.74. The molecule has 1 atom stereocenters. The second-order valence-corrected chi connectivity index (χ2v) is 6.09. The van der Waals surface area contributed by atoms with Crippen molar-refractivity contribution in [3.63, 3.8) is 0 Å². The van der Waals surface area contributed by atoms with Crippen LogP contribution in [0.2, 0.25) is 5.02 Å². The summed E-state index contributed by atoms with van der Waals surface area (Å²) in [7, 11) is 0. The first kappa shape index (κ1) is 17.2. The lowest BCUT2D eigenvalue weighted by Gasteiger charge is -2.33. The Morgan fingerprint density at radius 1 is 1.36 bits per heavy atom. The molecule has 1 unspecified atom stereocenters. The number of hydrogen-bond acceptors (Lipinski definition) is 5. The first-order valence-corrected chi connectivity index (χ1v) is 8.13. The van der Waals surface area contributed by atoms with E-state index in [0.717, 1.165) is 0 Å². The molecule has 0 radical (unpaired) electrons. The lowest BCUT2D eigenvalue weighted by molar-refractivity contribution is -0.153. The molecule has 1 amide bonds. The molecule has 0 spiro atoms. The van der Waals surface area contributed by atoms with E-state index in [9.17, 15) is 14.7 Å². The zero-order valence-corrected chi connectivity index (χ0v) is 14.3. The summed E-state index contributed by atoms with van der Waals surface area (Å²) in [4.78, 5) is 25.4. The van der Waals surface area contributed by atoms with Gasteiger partial charge in [0.15, 0.2) is 5.82 Å². The summed E-state index contributed by atoms with van der Waals surface area (Å²) in [5, 5.41) is 17.9. The third kappa shape index (κ3) is 3.58. The molecule has 2 heterocycles. The van der Waals surface area contributed by atoms with Crippen molar-refractivity contribution in [2.45, 2.75) is 32.5 Å². The van der Waals surface area contributed by atoms with E-state index in [-0.39, 0.29) is 32.0 Å². The van der Waals surface area contributed by atoms with Gasteiger partial charge in [0.05, 0.1) is 31.1 Å². The van der Waals surface area contributed by atoms with Crippen molar-refractivity contribution in [3.05, 3.63) is 40.9 Å². The van der Waals surface area contributed by atoms with E-state index >= 15 is 0 Å². The maximum atomic E-state index is 12.5. The number of amides is 1. The number of benzene rings is 1. The van der Waals surface area contributed by atoms with Crippen molar-refractivity contribution in [3.8, 4) is 5.75 Å². The maximum Gasteiger partial charge on any atom is 0.328 e. The zero-order valence-electron chi connectivity index (χ0n) is 13.6. The first-order valence-electron chi connectivity index (χ1n) is 7.75. The highest BCUT2D eigenvalue weighted by atomic mass is 35.5. The lowest BCUT2D eigenvalue weighted by atomic mass is 10.1. The molecule has 132 valence electrons. The fourth-order valence-corrected chi connectivity index (χ4v) is 2.93. The number of hydrogen-bond donors (Lipinski definition) is 1.